The number of nitrogens with zero attached hydrogens (tertiary/aromatic N) is 1. The van der Waals surface area contributed by atoms with E-state index in [-0.39, 0.29) is 11.5 Å². The molecule has 1 amide bonds. The standard InChI is InChI=1S/C26H20ClN5O2/c1-15-23(31-26(32-24(15)33)29-20-12-8-18(27)9-13-20)16-6-10-19(11-7-16)28-25(34)22-14-17-4-2-3-5-21(17)30-22/h2-14,30H,1H3,(H,28,34)(H2,29,31,32,33). The molecule has 0 fully saturated rings. The fraction of sp³-hybridized carbons (Fsp3) is 0.0385. The van der Waals surface area contributed by atoms with Gasteiger partial charge in [0.05, 0.1) is 5.69 Å². The van der Waals surface area contributed by atoms with E-state index in [0.29, 0.717) is 33.6 Å². The number of halogens is 1. The van der Waals surface area contributed by atoms with Gasteiger partial charge in [0.2, 0.25) is 5.95 Å². The van der Waals surface area contributed by atoms with Crippen LogP contribution in [0.5, 0.6) is 0 Å². The summed E-state index contributed by atoms with van der Waals surface area (Å²) in [5.74, 6) is 0.0907. The predicted molar refractivity (Wildman–Crippen MR) is 136 cm³/mol. The van der Waals surface area contributed by atoms with Gasteiger partial charge in [0.15, 0.2) is 0 Å². The molecule has 0 radical (unpaired) electrons. The summed E-state index contributed by atoms with van der Waals surface area (Å²) in [7, 11) is 0. The van der Waals surface area contributed by atoms with Crippen molar-refractivity contribution in [1.29, 1.82) is 0 Å². The van der Waals surface area contributed by atoms with Gasteiger partial charge in [-0.15, -0.1) is 0 Å². The monoisotopic (exact) mass is 469 g/mol. The highest BCUT2D eigenvalue weighted by Gasteiger charge is 2.12. The topological polar surface area (TPSA) is 103 Å². The summed E-state index contributed by atoms with van der Waals surface area (Å²) in [6, 6.07) is 23.8. The molecule has 2 heterocycles. The van der Waals surface area contributed by atoms with Gasteiger partial charge >= 0.3 is 0 Å². The highest BCUT2D eigenvalue weighted by molar-refractivity contribution is 6.30. The summed E-state index contributed by atoms with van der Waals surface area (Å²) in [5.41, 5.74) is 4.33. The molecule has 0 aliphatic rings. The van der Waals surface area contributed by atoms with E-state index in [0.717, 1.165) is 22.2 Å². The lowest BCUT2D eigenvalue weighted by atomic mass is 10.1. The second kappa shape index (κ2) is 8.88. The number of anilines is 3. The van der Waals surface area contributed by atoms with Gasteiger partial charge in [-0.2, -0.15) is 0 Å². The van der Waals surface area contributed by atoms with E-state index in [1.54, 1.807) is 43.3 Å². The van der Waals surface area contributed by atoms with Crippen LogP contribution in [-0.4, -0.2) is 20.9 Å². The highest BCUT2D eigenvalue weighted by Crippen LogP contribution is 2.24. The molecule has 0 atom stereocenters. The molecular formula is C26H20ClN5O2. The molecule has 8 heteroatoms. The quantitative estimate of drug-likeness (QED) is 0.258. The predicted octanol–water partition coefficient (Wildman–Crippen LogP) is 5.88. The molecule has 0 aliphatic carbocycles. The normalized spacial score (nSPS) is 10.9. The minimum Gasteiger partial charge on any atom is -0.351 e. The zero-order chi connectivity index (χ0) is 23.7. The van der Waals surface area contributed by atoms with Crippen LogP contribution >= 0.6 is 11.6 Å². The van der Waals surface area contributed by atoms with Crippen LogP contribution in [0.4, 0.5) is 17.3 Å². The maximum Gasteiger partial charge on any atom is 0.272 e. The van der Waals surface area contributed by atoms with E-state index in [1.807, 2.05) is 42.5 Å². The Bertz CT molecular complexity index is 1520. The summed E-state index contributed by atoms with van der Waals surface area (Å²) < 4.78 is 0. The highest BCUT2D eigenvalue weighted by atomic mass is 35.5. The van der Waals surface area contributed by atoms with Gasteiger partial charge < -0.3 is 15.6 Å². The molecule has 168 valence electrons. The second-order valence-corrected chi connectivity index (χ2v) is 8.26. The smallest absolute Gasteiger partial charge is 0.272 e. The van der Waals surface area contributed by atoms with E-state index in [9.17, 15) is 9.59 Å². The van der Waals surface area contributed by atoms with Crippen molar-refractivity contribution in [1.82, 2.24) is 15.0 Å². The van der Waals surface area contributed by atoms with E-state index >= 15 is 0 Å². The molecule has 0 bridgehead atoms. The van der Waals surface area contributed by atoms with Crippen LogP contribution in [0.3, 0.4) is 0 Å². The van der Waals surface area contributed by atoms with E-state index < -0.39 is 0 Å². The lowest BCUT2D eigenvalue weighted by Crippen LogP contribution is -2.15. The number of nitrogens with one attached hydrogen (secondary N) is 4. The SMILES string of the molecule is Cc1c(-c2ccc(NC(=O)c3cc4ccccc4[nH]3)cc2)nc(Nc2ccc(Cl)cc2)[nH]c1=O. The Morgan fingerprint density at radius 3 is 2.35 bits per heavy atom. The molecule has 0 saturated heterocycles. The molecule has 0 unspecified atom stereocenters. The van der Waals surface area contributed by atoms with Crippen LogP contribution < -0.4 is 16.2 Å². The molecule has 4 N–H and O–H groups in total. The number of amides is 1. The number of hydrogen-bond donors (Lipinski definition) is 4. The van der Waals surface area contributed by atoms with E-state index in [2.05, 4.69) is 25.6 Å². The zero-order valence-electron chi connectivity index (χ0n) is 18.1. The minimum atomic E-state index is -0.238. The lowest BCUT2D eigenvalue weighted by Gasteiger charge is -2.11. The number of aromatic amines is 2. The first-order valence-corrected chi connectivity index (χ1v) is 11.0. The Morgan fingerprint density at radius 2 is 1.62 bits per heavy atom. The molecule has 2 aromatic heterocycles. The van der Waals surface area contributed by atoms with Crippen molar-refractivity contribution in [3.05, 3.63) is 105 Å². The third-order valence-corrected chi connectivity index (χ3v) is 5.70. The van der Waals surface area contributed by atoms with Crippen molar-refractivity contribution in [3.63, 3.8) is 0 Å². The van der Waals surface area contributed by atoms with Crippen molar-refractivity contribution in [2.75, 3.05) is 10.6 Å². The van der Waals surface area contributed by atoms with Gasteiger partial charge in [0.25, 0.3) is 11.5 Å². The van der Waals surface area contributed by atoms with Gasteiger partial charge in [-0.1, -0.05) is 41.9 Å². The van der Waals surface area contributed by atoms with Crippen LogP contribution in [0, 0.1) is 6.92 Å². The van der Waals surface area contributed by atoms with Crippen LogP contribution in [0.15, 0.2) is 83.7 Å². The summed E-state index contributed by atoms with van der Waals surface area (Å²) >= 11 is 5.93. The molecule has 0 saturated carbocycles. The fourth-order valence-corrected chi connectivity index (χ4v) is 3.77. The number of para-hydroxylation sites is 1. The number of benzene rings is 3. The number of rotatable bonds is 5. The maximum atomic E-state index is 12.7. The van der Waals surface area contributed by atoms with E-state index in [4.69, 9.17) is 11.6 Å². The molecule has 0 spiro atoms. The number of fused-ring (bicyclic) bond motifs is 1. The van der Waals surface area contributed by atoms with Crippen LogP contribution in [0.1, 0.15) is 16.1 Å². The molecule has 5 rings (SSSR count). The summed E-state index contributed by atoms with van der Waals surface area (Å²) in [4.78, 5) is 35.6. The average molecular weight is 470 g/mol. The summed E-state index contributed by atoms with van der Waals surface area (Å²) in [6.07, 6.45) is 0. The summed E-state index contributed by atoms with van der Waals surface area (Å²) in [5, 5.41) is 7.57. The van der Waals surface area contributed by atoms with Crippen LogP contribution in [0.2, 0.25) is 5.02 Å². The number of carbonyl (C=O) groups is 1. The van der Waals surface area contributed by atoms with Crippen molar-refractivity contribution in [2.45, 2.75) is 6.92 Å². The number of hydrogen-bond acceptors (Lipinski definition) is 4. The van der Waals surface area contributed by atoms with Gasteiger partial charge in [-0.25, -0.2) is 4.98 Å². The molecule has 5 aromatic rings. The van der Waals surface area contributed by atoms with Gasteiger partial charge in [0.1, 0.15) is 5.69 Å². The number of aromatic nitrogens is 3. The molecule has 0 aliphatic heterocycles. The zero-order valence-corrected chi connectivity index (χ0v) is 18.9. The van der Waals surface area contributed by atoms with Crippen molar-refractivity contribution < 1.29 is 4.79 Å². The van der Waals surface area contributed by atoms with Crippen molar-refractivity contribution in [3.8, 4) is 11.3 Å². The first-order chi connectivity index (χ1) is 16.5. The van der Waals surface area contributed by atoms with Gasteiger partial charge in [-0.3, -0.25) is 14.6 Å². The molecule has 34 heavy (non-hydrogen) atoms. The second-order valence-electron chi connectivity index (χ2n) is 7.82. The Labute approximate surface area is 199 Å². The molecule has 7 nitrogen and oxygen atoms in total. The third-order valence-electron chi connectivity index (χ3n) is 5.45. The van der Waals surface area contributed by atoms with Gasteiger partial charge in [0, 0.05) is 38.4 Å². The Hall–Kier alpha value is -4.36. The fourth-order valence-electron chi connectivity index (χ4n) is 3.65. The summed E-state index contributed by atoms with van der Waals surface area (Å²) in [6.45, 7) is 1.72. The third kappa shape index (κ3) is 4.42. The minimum absolute atomic E-state index is 0.233. The van der Waals surface area contributed by atoms with Gasteiger partial charge in [-0.05, 0) is 55.5 Å². The largest absolute Gasteiger partial charge is 0.351 e. The lowest BCUT2D eigenvalue weighted by molar-refractivity contribution is 0.102. The molecular weight excluding hydrogens is 450 g/mol. The van der Waals surface area contributed by atoms with E-state index in [1.165, 1.54) is 0 Å². The first kappa shape index (κ1) is 21.5. The van der Waals surface area contributed by atoms with Crippen molar-refractivity contribution >= 4 is 45.7 Å². The van der Waals surface area contributed by atoms with Crippen LogP contribution in [-0.2, 0) is 0 Å². The molecule has 3 aromatic carbocycles. The number of H-pyrrole nitrogens is 2. The Kier molecular flexibility index (Phi) is 5.61. The van der Waals surface area contributed by atoms with Crippen molar-refractivity contribution in [2.24, 2.45) is 0 Å². The average Bonchev–Trinajstić information content (AvgIpc) is 3.28. The Morgan fingerprint density at radius 1 is 0.912 bits per heavy atom. The number of carbonyl (C=O) groups excluding carboxylic acids is 1. The first-order valence-electron chi connectivity index (χ1n) is 10.6. The Balaban J connectivity index is 1.37. The maximum absolute atomic E-state index is 12.7. The van der Waals surface area contributed by atoms with Crippen LogP contribution in [0.25, 0.3) is 22.2 Å².